The van der Waals surface area contributed by atoms with Crippen LogP contribution in [0.5, 0.6) is 0 Å². The summed E-state index contributed by atoms with van der Waals surface area (Å²) in [5, 5.41) is 9.25. The predicted molar refractivity (Wildman–Crippen MR) is 61.8 cm³/mol. The monoisotopic (exact) mass is 203 g/mol. The Balaban J connectivity index is 0.000000337. The van der Waals surface area contributed by atoms with E-state index in [0.29, 0.717) is 0 Å². The molecule has 0 spiro atoms. The maximum atomic E-state index is 8.36. The molecule has 0 fully saturated rings. The highest BCUT2D eigenvalue weighted by atomic mass is 16.3. The fraction of sp³-hybridized carbons (Fsp3) is 0.0833. The topological polar surface area (TPSA) is 63.3 Å². The van der Waals surface area contributed by atoms with Crippen molar-refractivity contribution in [1.29, 1.82) is 0 Å². The van der Waals surface area contributed by atoms with Crippen LogP contribution < -0.4 is 5.73 Å². The number of nitrogens with two attached hydrogens (primary N) is 1. The van der Waals surface area contributed by atoms with Crippen LogP contribution in [-0.4, -0.2) is 11.6 Å². The molecule has 0 bridgehead atoms. The Labute approximate surface area is 88.1 Å². The first-order chi connectivity index (χ1) is 7.19. The zero-order chi connectivity index (χ0) is 11.3. The number of nitrogen functional groups attached to an aromatic ring is 1. The number of hydrogen-bond donors (Lipinski definition) is 2. The summed E-state index contributed by atoms with van der Waals surface area (Å²) in [5.41, 5.74) is 7.93. The minimum atomic E-state index is -0.250. The zero-order valence-electron chi connectivity index (χ0n) is 8.47. The normalized spacial score (nSPS) is 9.13. The van der Waals surface area contributed by atoms with Crippen molar-refractivity contribution in [1.82, 2.24) is 0 Å². The molecule has 2 rings (SSSR count). The molecule has 0 aliphatic heterocycles. The van der Waals surface area contributed by atoms with E-state index in [-0.39, 0.29) is 6.47 Å². The van der Waals surface area contributed by atoms with E-state index in [1.54, 1.807) is 0 Å². The minimum Gasteiger partial charge on any atom is -0.483 e. The molecule has 2 aromatic rings. The lowest BCUT2D eigenvalue weighted by Crippen LogP contribution is -1.85. The number of aryl methyl sites for hydroxylation is 1. The molecular formula is C12H13NO2. The molecule has 0 saturated heterocycles. The largest absolute Gasteiger partial charge is 0.483 e. The van der Waals surface area contributed by atoms with E-state index in [1.807, 2.05) is 12.1 Å². The van der Waals surface area contributed by atoms with Gasteiger partial charge in [0.15, 0.2) is 0 Å². The summed E-state index contributed by atoms with van der Waals surface area (Å²) in [7, 11) is 0. The lowest BCUT2D eigenvalue weighted by molar-refractivity contribution is -0.122. The van der Waals surface area contributed by atoms with Crippen LogP contribution in [0.15, 0.2) is 36.4 Å². The Morgan fingerprint density at radius 2 is 1.93 bits per heavy atom. The summed E-state index contributed by atoms with van der Waals surface area (Å²) >= 11 is 0. The van der Waals surface area contributed by atoms with Crippen molar-refractivity contribution in [2.45, 2.75) is 6.92 Å². The Hall–Kier alpha value is -2.03. The number of rotatable bonds is 0. The van der Waals surface area contributed by atoms with Crippen LogP contribution in [0, 0.1) is 6.92 Å². The van der Waals surface area contributed by atoms with E-state index in [9.17, 15) is 0 Å². The van der Waals surface area contributed by atoms with Crippen molar-refractivity contribution in [3.05, 3.63) is 42.0 Å². The molecule has 0 heterocycles. The molecule has 0 amide bonds. The number of benzene rings is 2. The lowest BCUT2D eigenvalue weighted by Gasteiger charge is -2.01. The second-order valence-electron chi connectivity index (χ2n) is 3.18. The summed E-state index contributed by atoms with van der Waals surface area (Å²) in [6.07, 6.45) is 0. The highest BCUT2D eigenvalue weighted by Gasteiger charge is 1.95. The van der Waals surface area contributed by atoms with Crippen LogP contribution in [0.2, 0.25) is 0 Å². The van der Waals surface area contributed by atoms with Crippen molar-refractivity contribution in [2.75, 3.05) is 5.73 Å². The van der Waals surface area contributed by atoms with Gasteiger partial charge in [-0.1, -0.05) is 35.9 Å². The van der Waals surface area contributed by atoms with Gasteiger partial charge in [-0.05, 0) is 18.4 Å². The molecule has 0 aromatic heterocycles. The van der Waals surface area contributed by atoms with Gasteiger partial charge in [0, 0.05) is 11.1 Å². The quantitative estimate of drug-likeness (QED) is 0.510. The standard InChI is InChI=1S/C11H11N.CH2O2/c1-8-5-6-10-9(7-8)3-2-4-11(10)12;2-1-3/h2-7H,12H2,1H3;1H,(H,2,3). The zero-order valence-corrected chi connectivity index (χ0v) is 8.47. The lowest BCUT2D eigenvalue weighted by atomic mass is 10.1. The number of carbonyl (C=O) groups is 1. The van der Waals surface area contributed by atoms with Gasteiger partial charge < -0.3 is 10.8 Å². The van der Waals surface area contributed by atoms with Crippen LogP contribution in [0.3, 0.4) is 0 Å². The number of fused-ring (bicyclic) bond motifs is 1. The third-order valence-electron chi connectivity index (χ3n) is 2.07. The maximum Gasteiger partial charge on any atom is 0.290 e. The summed E-state index contributed by atoms with van der Waals surface area (Å²) in [4.78, 5) is 8.36. The number of carboxylic acid groups (broad SMARTS) is 1. The highest BCUT2D eigenvalue weighted by molar-refractivity contribution is 5.93. The van der Waals surface area contributed by atoms with E-state index in [1.165, 1.54) is 10.9 Å². The molecule has 15 heavy (non-hydrogen) atoms. The predicted octanol–water partition coefficient (Wildman–Crippen LogP) is 2.43. The van der Waals surface area contributed by atoms with Gasteiger partial charge in [0.1, 0.15) is 0 Å². The maximum absolute atomic E-state index is 8.36. The molecular weight excluding hydrogens is 190 g/mol. The average Bonchev–Trinajstić information content (AvgIpc) is 2.19. The van der Waals surface area contributed by atoms with Crippen molar-refractivity contribution in [2.24, 2.45) is 0 Å². The third-order valence-corrected chi connectivity index (χ3v) is 2.07. The van der Waals surface area contributed by atoms with Crippen LogP contribution in [-0.2, 0) is 4.79 Å². The second kappa shape index (κ2) is 5.00. The van der Waals surface area contributed by atoms with Crippen LogP contribution in [0.1, 0.15) is 5.56 Å². The van der Waals surface area contributed by atoms with Crippen LogP contribution >= 0.6 is 0 Å². The van der Waals surface area contributed by atoms with Gasteiger partial charge in [0.05, 0.1) is 0 Å². The van der Waals surface area contributed by atoms with E-state index in [0.717, 1.165) is 11.1 Å². The molecule has 0 aliphatic rings. The molecule has 0 unspecified atom stereocenters. The molecule has 2 aromatic carbocycles. The summed E-state index contributed by atoms with van der Waals surface area (Å²) in [6, 6.07) is 12.3. The van der Waals surface area contributed by atoms with Crippen molar-refractivity contribution in [3.63, 3.8) is 0 Å². The van der Waals surface area contributed by atoms with E-state index < -0.39 is 0 Å². The summed E-state index contributed by atoms with van der Waals surface area (Å²) in [5.74, 6) is 0. The van der Waals surface area contributed by atoms with Crippen molar-refractivity contribution in [3.8, 4) is 0 Å². The summed E-state index contributed by atoms with van der Waals surface area (Å²) in [6.45, 7) is 1.84. The first-order valence-electron chi connectivity index (χ1n) is 4.51. The van der Waals surface area contributed by atoms with E-state index >= 15 is 0 Å². The van der Waals surface area contributed by atoms with E-state index in [4.69, 9.17) is 15.6 Å². The van der Waals surface area contributed by atoms with Crippen LogP contribution in [0.25, 0.3) is 10.8 Å². The molecule has 0 aliphatic carbocycles. The van der Waals surface area contributed by atoms with Gasteiger partial charge >= 0.3 is 0 Å². The number of anilines is 1. The first-order valence-corrected chi connectivity index (χ1v) is 4.51. The molecule has 0 atom stereocenters. The Morgan fingerprint density at radius 1 is 1.27 bits per heavy atom. The average molecular weight is 203 g/mol. The highest BCUT2D eigenvalue weighted by Crippen LogP contribution is 2.21. The van der Waals surface area contributed by atoms with Crippen molar-refractivity contribution >= 4 is 22.9 Å². The van der Waals surface area contributed by atoms with Gasteiger partial charge in [-0.2, -0.15) is 0 Å². The Morgan fingerprint density at radius 3 is 2.60 bits per heavy atom. The molecule has 0 saturated carbocycles. The summed E-state index contributed by atoms with van der Waals surface area (Å²) < 4.78 is 0. The molecule has 3 heteroatoms. The fourth-order valence-electron chi connectivity index (χ4n) is 1.43. The molecule has 0 radical (unpaired) electrons. The van der Waals surface area contributed by atoms with Gasteiger partial charge in [0.25, 0.3) is 6.47 Å². The number of hydrogen-bond acceptors (Lipinski definition) is 2. The minimum absolute atomic E-state index is 0.250. The second-order valence-corrected chi connectivity index (χ2v) is 3.18. The molecule has 78 valence electrons. The van der Waals surface area contributed by atoms with Gasteiger partial charge in [-0.15, -0.1) is 0 Å². The van der Waals surface area contributed by atoms with Gasteiger partial charge in [0.2, 0.25) is 0 Å². The van der Waals surface area contributed by atoms with E-state index in [2.05, 4.69) is 31.2 Å². The van der Waals surface area contributed by atoms with Crippen LogP contribution in [0.4, 0.5) is 5.69 Å². The Bertz CT molecular complexity index is 466. The van der Waals surface area contributed by atoms with Gasteiger partial charge in [-0.25, -0.2) is 0 Å². The van der Waals surface area contributed by atoms with Gasteiger partial charge in [-0.3, -0.25) is 4.79 Å². The molecule has 3 nitrogen and oxygen atoms in total. The first kappa shape index (κ1) is 11.0. The SMILES string of the molecule is Cc1ccc2c(N)cccc2c1.O=CO. The fourth-order valence-corrected chi connectivity index (χ4v) is 1.43. The Kier molecular flexibility index (Phi) is 3.68. The smallest absolute Gasteiger partial charge is 0.290 e. The third kappa shape index (κ3) is 2.71. The molecule has 3 N–H and O–H groups in total. The van der Waals surface area contributed by atoms with Crippen molar-refractivity contribution < 1.29 is 9.90 Å².